The van der Waals surface area contributed by atoms with Crippen molar-refractivity contribution < 1.29 is 19.3 Å². The van der Waals surface area contributed by atoms with Gasteiger partial charge in [0.15, 0.2) is 0 Å². The average Bonchev–Trinajstić information content (AvgIpc) is 3.01. The molecule has 0 bridgehead atoms. The monoisotopic (exact) mass is 550 g/mol. The summed E-state index contributed by atoms with van der Waals surface area (Å²) in [6, 6.07) is 28.0. The number of unbranched alkanes of at least 4 members (excludes halogenated alkanes) is 2. The molecule has 1 fully saturated rings. The summed E-state index contributed by atoms with van der Waals surface area (Å²) in [5, 5.41) is 23.7. The zero-order valence-corrected chi connectivity index (χ0v) is 24.1. The van der Waals surface area contributed by atoms with Crippen LogP contribution >= 0.6 is 7.67 Å². The summed E-state index contributed by atoms with van der Waals surface area (Å²) in [4.78, 5) is 0. The van der Waals surface area contributed by atoms with Crippen molar-refractivity contribution in [2.75, 3.05) is 13.1 Å². The highest BCUT2D eigenvalue weighted by Crippen LogP contribution is 2.59. The molecule has 0 aromatic heterocycles. The quantitative estimate of drug-likeness (QED) is 0.257. The lowest BCUT2D eigenvalue weighted by Crippen LogP contribution is -2.50. The number of hydrogen-bond donors (Lipinski definition) is 2. The van der Waals surface area contributed by atoms with Gasteiger partial charge in [-0.25, -0.2) is 13.9 Å². The Morgan fingerprint density at radius 2 is 1.05 bits per heavy atom. The van der Waals surface area contributed by atoms with Gasteiger partial charge in [0.1, 0.15) is 5.75 Å². The first-order valence-corrected chi connectivity index (χ1v) is 15.8. The molecule has 0 radical (unpaired) electrons. The third-order valence-electron chi connectivity index (χ3n) is 7.58. The van der Waals surface area contributed by atoms with E-state index in [1.807, 2.05) is 100 Å². The van der Waals surface area contributed by atoms with Gasteiger partial charge >= 0.3 is 7.67 Å². The minimum Gasteiger partial charge on any atom is -0.422 e. The van der Waals surface area contributed by atoms with Crippen LogP contribution in [0.2, 0.25) is 0 Å². The molecule has 1 saturated heterocycles. The number of aliphatic hydroxyl groups is 2. The highest BCUT2D eigenvalue weighted by Gasteiger charge is 2.54. The average molecular weight is 551 g/mol. The van der Waals surface area contributed by atoms with E-state index in [0.717, 1.165) is 36.8 Å². The van der Waals surface area contributed by atoms with Crippen LogP contribution in [-0.4, -0.2) is 56.9 Å². The third-order valence-corrected chi connectivity index (χ3v) is 10.3. The van der Waals surface area contributed by atoms with Crippen LogP contribution in [0.4, 0.5) is 0 Å². The lowest BCUT2D eigenvalue weighted by Gasteiger charge is -2.41. The minimum atomic E-state index is -3.77. The summed E-state index contributed by atoms with van der Waals surface area (Å²) in [5.74, 6) is 0.520. The molecule has 0 unspecified atom stereocenters. The van der Waals surface area contributed by atoms with E-state index < -0.39 is 32.0 Å². The number of hydrogen-bond acceptors (Lipinski definition) is 4. The van der Waals surface area contributed by atoms with Crippen LogP contribution in [0.5, 0.6) is 5.75 Å². The van der Waals surface area contributed by atoms with Gasteiger partial charge in [-0.05, 0) is 48.9 Å². The van der Waals surface area contributed by atoms with Gasteiger partial charge in [0.2, 0.25) is 0 Å². The standard InChI is InChI=1S/C32H43N2O4P/c1-3-5-22-33-29(24-26-16-10-7-11-17-26)31(35)32(36)30(25-27-18-12-8-13-19-27)34(23-6-4-2)39(33,37)38-28-20-14-9-15-21-28/h7-21,29-32,35-36H,3-6,22-25H2,1-2H3/t29-,30-,31+,32+/m0/s1. The smallest absolute Gasteiger partial charge is 0.396 e. The molecule has 3 aromatic carbocycles. The van der Waals surface area contributed by atoms with Gasteiger partial charge in [0.05, 0.1) is 24.3 Å². The maximum absolute atomic E-state index is 15.6. The normalized spacial score (nSPS) is 26.3. The molecule has 1 heterocycles. The van der Waals surface area contributed by atoms with Crippen LogP contribution in [0.3, 0.4) is 0 Å². The number of aliphatic hydroxyl groups excluding tert-OH is 2. The van der Waals surface area contributed by atoms with E-state index in [4.69, 9.17) is 4.52 Å². The molecule has 3 aromatic rings. The Balaban J connectivity index is 1.87. The molecule has 39 heavy (non-hydrogen) atoms. The predicted octanol–water partition coefficient (Wildman–Crippen LogP) is 6.34. The van der Waals surface area contributed by atoms with Crippen molar-refractivity contribution in [3.8, 4) is 5.75 Å². The van der Waals surface area contributed by atoms with Gasteiger partial charge in [-0.1, -0.05) is 106 Å². The van der Waals surface area contributed by atoms with Gasteiger partial charge in [-0.3, -0.25) is 0 Å². The molecule has 0 aliphatic carbocycles. The number of para-hydroxylation sites is 1. The summed E-state index contributed by atoms with van der Waals surface area (Å²) >= 11 is 0. The highest BCUT2D eigenvalue weighted by molar-refractivity contribution is 7.54. The number of rotatable bonds is 12. The molecule has 1 aliphatic rings. The van der Waals surface area contributed by atoms with Gasteiger partial charge in [-0.2, -0.15) is 0 Å². The van der Waals surface area contributed by atoms with E-state index in [-0.39, 0.29) is 0 Å². The van der Waals surface area contributed by atoms with Crippen LogP contribution in [0.25, 0.3) is 0 Å². The Bertz CT molecular complexity index is 1100. The van der Waals surface area contributed by atoms with E-state index in [9.17, 15) is 10.2 Å². The summed E-state index contributed by atoms with van der Waals surface area (Å²) in [6.45, 7) is 5.18. The van der Waals surface area contributed by atoms with Gasteiger partial charge < -0.3 is 14.7 Å². The molecule has 7 heteroatoms. The summed E-state index contributed by atoms with van der Waals surface area (Å²) in [5.41, 5.74) is 2.03. The minimum absolute atomic E-state index is 0.449. The Labute approximate surface area is 233 Å². The van der Waals surface area contributed by atoms with Crippen LogP contribution in [0.15, 0.2) is 91.0 Å². The molecule has 2 N–H and O–H groups in total. The number of benzene rings is 3. The maximum atomic E-state index is 15.6. The second-order valence-corrected chi connectivity index (χ2v) is 12.6. The zero-order valence-electron chi connectivity index (χ0n) is 23.2. The van der Waals surface area contributed by atoms with Crippen LogP contribution < -0.4 is 4.52 Å². The van der Waals surface area contributed by atoms with E-state index in [1.54, 1.807) is 0 Å². The van der Waals surface area contributed by atoms with Crippen LogP contribution in [0.1, 0.15) is 50.7 Å². The maximum Gasteiger partial charge on any atom is 0.396 e. The zero-order chi connectivity index (χ0) is 27.7. The Morgan fingerprint density at radius 1 is 0.667 bits per heavy atom. The van der Waals surface area contributed by atoms with E-state index in [2.05, 4.69) is 13.8 Å². The fourth-order valence-electron chi connectivity index (χ4n) is 5.44. The second kappa shape index (κ2) is 14.2. The van der Waals surface area contributed by atoms with E-state index >= 15 is 4.57 Å². The molecule has 4 atom stereocenters. The molecular formula is C32H43N2O4P. The SMILES string of the molecule is CCCCN1[C@@H](Cc2ccccc2)[C@@H](O)[C@H](O)[C@H](Cc2ccccc2)N(CCCC)P1(=O)Oc1ccccc1. The number of nitrogens with zero attached hydrogens (tertiary/aromatic N) is 2. The first-order chi connectivity index (χ1) is 19.0. The van der Waals surface area contributed by atoms with Crippen LogP contribution in [0, 0.1) is 0 Å². The molecule has 1 aliphatic heterocycles. The summed E-state index contributed by atoms with van der Waals surface area (Å²) in [7, 11) is -3.77. The van der Waals surface area contributed by atoms with E-state index in [0.29, 0.717) is 31.7 Å². The van der Waals surface area contributed by atoms with Gasteiger partial charge in [0, 0.05) is 13.1 Å². The Hall–Kier alpha value is -2.47. The van der Waals surface area contributed by atoms with Crippen molar-refractivity contribution in [1.29, 1.82) is 0 Å². The topological polar surface area (TPSA) is 73.2 Å². The largest absolute Gasteiger partial charge is 0.422 e. The van der Waals surface area contributed by atoms with Crippen molar-refractivity contribution in [3.05, 3.63) is 102 Å². The van der Waals surface area contributed by atoms with Gasteiger partial charge in [-0.15, -0.1) is 0 Å². The first kappa shape index (κ1) is 29.5. The fraction of sp³-hybridized carbons (Fsp3) is 0.438. The molecular weight excluding hydrogens is 507 g/mol. The lowest BCUT2D eigenvalue weighted by atomic mass is 9.91. The van der Waals surface area contributed by atoms with Crippen molar-refractivity contribution >= 4 is 7.67 Å². The lowest BCUT2D eigenvalue weighted by molar-refractivity contribution is -0.0396. The third kappa shape index (κ3) is 7.19. The first-order valence-electron chi connectivity index (χ1n) is 14.3. The summed E-state index contributed by atoms with van der Waals surface area (Å²) in [6.07, 6.45) is 2.06. The van der Waals surface area contributed by atoms with Crippen molar-refractivity contribution in [3.63, 3.8) is 0 Å². The van der Waals surface area contributed by atoms with Crippen molar-refractivity contribution in [1.82, 2.24) is 9.34 Å². The predicted molar refractivity (Wildman–Crippen MR) is 158 cm³/mol. The second-order valence-electron chi connectivity index (χ2n) is 10.4. The van der Waals surface area contributed by atoms with E-state index in [1.165, 1.54) is 0 Å². The molecule has 0 spiro atoms. The molecule has 210 valence electrons. The Kier molecular flexibility index (Phi) is 10.8. The fourth-order valence-corrected chi connectivity index (χ4v) is 8.32. The molecule has 6 nitrogen and oxygen atoms in total. The van der Waals surface area contributed by atoms with Gasteiger partial charge in [0.25, 0.3) is 0 Å². The molecule has 4 rings (SSSR count). The summed E-state index contributed by atoms with van der Waals surface area (Å²) < 4.78 is 25.9. The highest BCUT2D eigenvalue weighted by atomic mass is 31.2. The molecule has 0 amide bonds. The van der Waals surface area contributed by atoms with Crippen molar-refractivity contribution in [2.45, 2.75) is 76.7 Å². The molecule has 0 saturated carbocycles. The van der Waals surface area contributed by atoms with Crippen molar-refractivity contribution in [2.24, 2.45) is 0 Å². The Morgan fingerprint density at radius 3 is 1.44 bits per heavy atom. The van der Waals surface area contributed by atoms with Crippen LogP contribution in [-0.2, 0) is 17.4 Å².